The van der Waals surface area contributed by atoms with Gasteiger partial charge in [0, 0.05) is 31.0 Å². The molecule has 0 aliphatic heterocycles. The van der Waals surface area contributed by atoms with E-state index in [4.69, 9.17) is 0 Å². The molecule has 0 aliphatic rings. The molecule has 148 valence electrons. The highest BCUT2D eigenvalue weighted by molar-refractivity contribution is 7.90. The van der Waals surface area contributed by atoms with Crippen molar-refractivity contribution in [1.29, 1.82) is 0 Å². The number of nitrogens with one attached hydrogen (secondary N) is 2. The summed E-state index contributed by atoms with van der Waals surface area (Å²) in [4.78, 5) is 16.9. The summed E-state index contributed by atoms with van der Waals surface area (Å²) in [5.41, 5.74) is 4.22. The molecule has 0 saturated carbocycles. The van der Waals surface area contributed by atoms with Crippen molar-refractivity contribution in [3.8, 4) is 0 Å². The van der Waals surface area contributed by atoms with Gasteiger partial charge in [-0.15, -0.1) is 0 Å². The molecule has 0 radical (unpaired) electrons. The second-order valence-corrected chi connectivity index (χ2v) is 9.26. The van der Waals surface area contributed by atoms with Crippen LogP contribution < -0.4 is 5.32 Å². The molecule has 2 N–H and O–H groups in total. The van der Waals surface area contributed by atoms with Crippen molar-refractivity contribution in [2.45, 2.75) is 6.42 Å². The molecule has 8 heteroatoms. The summed E-state index contributed by atoms with van der Waals surface area (Å²) in [5.74, 6) is -0.365. The van der Waals surface area contributed by atoms with Crippen molar-refractivity contribution in [2.24, 2.45) is 0 Å². The Bertz CT molecular complexity index is 1310. The summed E-state index contributed by atoms with van der Waals surface area (Å²) >= 11 is 0. The van der Waals surface area contributed by atoms with Crippen LogP contribution in [0.5, 0.6) is 0 Å². The zero-order chi connectivity index (χ0) is 20.4. The van der Waals surface area contributed by atoms with Crippen LogP contribution in [-0.4, -0.2) is 48.1 Å². The number of pyridine rings is 1. The molecular weight excluding hydrogens is 388 g/mol. The first-order valence-corrected chi connectivity index (χ1v) is 11.2. The predicted octanol–water partition coefficient (Wildman–Crippen LogP) is 2.48. The Morgan fingerprint density at radius 3 is 2.83 bits per heavy atom. The molecule has 0 aliphatic carbocycles. The van der Waals surface area contributed by atoms with Gasteiger partial charge in [-0.1, -0.05) is 30.3 Å². The van der Waals surface area contributed by atoms with Crippen LogP contribution in [0.25, 0.3) is 21.8 Å². The number of nitrogens with zero attached hydrogens (tertiary/aromatic N) is 2. The lowest BCUT2D eigenvalue weighted by atomic mass is 9.99. The highest BCUT2D eigenvalue weighted by atomic mass is 32.2. The fourth-order valence-electron chi connectivity index (χ4n) is 3.31. The standard InChI is InChI=1S/C21H20N4O3S/c1-29(27,28)11-10-23-21(26)17-5-2-4-15-12-14(7-8-16(15)17)13-19-20-18(24-25-19)6-3-9-22-20/h2-9,12H,10-11,13H2,1H3,(H,23,26)(H,24,25). The van der Waals surface area contributed by atoms with Gasteiger partial charge in [-0.3, -0.25) is 14.9 Å². The number of hydrogen-bond donors (Lipinski definition) is 2. The Kier molecular flexibility index (Phi) is 5.02. The molecule has 0 bridgehead atoms. The number of sulfone groups is 1. The van der Waals surface area contributed by atoms with E-state index in [0.717, 1.165) is 39.3 Å². The van der Waals surface area contributed by atoms with Gasteiger partial charge in [0.1, 0.15) is 20.9 Å². The normalized spacial score (nSPS) is 11.8. The summed E-state index contributed by atoms with van der Waals surface area (Å²) in [6.45, 7) is 0.0893. The summed E-state index contributed by atoms with van der Waals surface area (Å²) in [6, 6.07) is 15.2. The number of amides is 1. The molecule has 0 fully saturated rings. The van der Waals surface area contributed by atoms with E-state index in [1.165, 1.54) is 0 Å². The Hall–Kier alpha value is -3.26. The first kappa shape index (κ1) is 19.1. The van der Waals surface area contributed by atoms with Crippen molar-refractivity contribution in [3.05, 3.63) is 71.5 Å². The van der Waals surface area contributed by atoms with Gasteiger partial charge in [-0.05, 0) is 34.5 Å². The Balaban J connectivity index is 1.58. The quantitative estimate of drug-likeness (QED) is 0.510. The third kappa shape index (κ3) is 4.27. The summed E-state index contributed by atoms with van der Waals surface area (Å²) in [5, 5.41) is 11.8. The number of fused-ring (bicyclic) bond motifs is 2. The largest absolute Gasteiger partial charge is 0.351 e. The van der Waals surface area contributed by atoms with Crippen molar-refractivity contribution in [3.63, 3.8) is 0 Å². The van der Waals surface area contributed by atoms with Crippen molar-refractivity contribution < 1.29 is 13.2 Å². The maximum absolute atomic E-state index is 12.5. The van der Waals surface area contributed by atoms with E-state index in [-0.39, 0.29) is 18.2 Å². The van der Waals surface area contributed by atoms with Crippen LogP contribution >= 0.6 is 0 Å². The van der Waals surface area contributed by atoms with Crippen LogP contribution in [0.1, 0.15) is 21.6 Å². The molecule has 7 nitrogen and oxygen atoms in total. The Labute approximate surface area is 168 Å². The van der Waals surface area contributed by atoms with Gasteiger partial charge < -0.3 is 5.32 Å². The number of carbonyl (C=O) groups is 1. The molecule has 1 amide bonds. The average molecular weight is 408 g/mol. The third-order valence-electron chi connectivity index (χ3n) is 4.71. The van der Waals surface area contributed by atoms with Gasteiger partial charge in [0.2, 0.25) is 0 Å². The minimum absolute atomic E-state index is 0.0835. The fourth-order valence-corrected chi connectivity index (χ4v) is 3.79. The lowest BCUT2D eigenvalue weighted by molar-refractivity contribution is 0.0958. The number of H-pyrrole nitrogens is 1. The van der Waals surface area contributed by atoms with Gasteiger partial charge in [-0.25, -0.2) is 8.42 Å². The van der Waals surface area contributed by atoms with Gasteiger partial charge in [0.15, 0.2) is 0 Å². The zero-order valence-corrected chi connectivity index (χ0v) is 16.7. The first-order valence-electron chi connectivity index (χ1n) is 9.16. The predicted molar refractivity (Wildman–Crippen MR) is 113 cm³/mol. The number of rotatable bonds is 6. The van der Waals surface area contributed by atoms with Crippen molar-refractivity contribution >= 4 is 37.6 Å². The molecule has 29 heavy (non-hydrogen) atoms. The number of aromatic nitrogens is 3. The molecular formula is C21H20N4O3S. The summed E-state index contributed by atoms with van der Waals surface area (Å²) in [6.07, 6.45) is 3.54. The van der Waals surface area contributed by atoms with Gasteiger partial charge in [-0.2, -0.15) is 5.10 Å². The van der Waals surface area contributed by atoms with E-state index in [2.05, 4.69) is 20.5 Å². The molecule has 0 atom stereocenters. The minimum Gasteiger partial charge on any atom is -0.351 e. The zero-order valence-electron chi connectivity index (χ0n) is 15.8. The van der Waals surface area contributed by atoms with E-state index < -0.39 is 9.84 Å². The monoisotopic (exact) mass is 408 g/mol. The SMILES string of the molecule is CS(=O)(=O)CCNC(=O)c1cccc2cc(Cc3[nH]nc4cccnc34)ccc12. The van der Waals surface area contributed by atoms with Gasteiger partial charge >= 0.3 is 0 Å². The van der Waals surface area contributed by atoms with Gasteiger partial charge in [0.05, 0.1) is 11.4 Å². The van der Waals surface area contributed by atoms with Gasteiger partial charge in [0.25, 0.3) is 5.91 Å². The van der Waals surface area contributed by atoms with Crippen LogP contribution in [-0.2, 0) is 16.3 Å². The maximum atomic E-state index is 12.5. The Morgan fingerprint density at radius 2 is 2.00 bits per heavy atom. The maximum Gasteiger partial charge on any atom is 0.251 e. The molecule has 0 unspecified atom stereocenters. The van der Waals surface area contributed by atoms with E-state index in [0.29, 0.717) is 12.0 Å². The minimum atomic E-state index is -3.12. The number of aromatic amines is 1. The molecule has 2 aromatic carbocycles. The second-order valence-electron chi connectivity index (χ2n) is 7.00. The lowest BCUT2D eigenvalue weighted by Crippen LogP contribution is -2.28. The van der Waals surface area contributed by atoms with Crippen LogP contribution in [0.3, 0.4) is 0 Å². The van der Waals surface area contributed by atoms with Crippen molar-refractivity contribution in [2.75, 3.05) is 18.6 Å². The number of carbonyl (C=O) groups excluding carboxylic acids is 1. The van der Waals surface area contributed by atoms with E-state index in [1.54, 1.807) is 12.3 Å². The molecule has 0 saturated heterocycles. The van der Waals surface area contributed by atoms with Crippen LogP contribution in [0.15, 0.2) is 54.7 Å². The molecule has 4 rings (SSSR count). The summed E-state index contributed by atoms with van der Waals surface area (Å²) < 4.78 is 22.5. The Morgan fingerprint density at radius 1 is 1.14 bits per heavy atom. The average Bonchev–Trinajstić information content (AvgIpc) is 3.09. The van der Waals surface area contributed by atoms with E-state index in [9.17, 15) is 13.2 Å². The lowest BCUT2D eigenvalue weighted by Gasteiger charge is -2.09. The molecule has 2 heterocycles. The molecule has 0 spiro atoms. The van der Waals surface area contributed by atoms with Crippen molar-refractivity contribution in [1.82, 2.24) is 20.5 Å². The van der Waals surface area contributed by atoms with E-state index in [1.807, 2.05) is 42.5 Å². The second kappa shape index (κ2) is 7.63. The smallest absolute Gasteiger partial charge is 0.251 e. The number of benzene rings is 2. The highest BCUT2D eigenvalue weighted by Gasteiger charge is 2.12. The highest BCUT2D eigenvalue weighted by Crippen LogP contribution is 2.23. The fraction of sp³-hybridized carbons (Fsp3) is 0.190. The molecule has 4 aromatic rings. The summed E-state index contributed by atoms with van der Waals surface area (Å²) in [7, 11) is -3.12. The third-order valence-corrected chi connectivity index (χ3v) is 5.66. The number of hydrogen-bond acceptors (Lipinski definition) is 5. The first-order chi connectivity index (χ1) is 13.9. The van der Waals surface area contributed by atoms with Crippen LogP contribution in [0.2, 0.25) is 0 Å². The van der Waals surface area contributed by atoms with Crippen LogP contribution in [0.4, 0.5) is 0 Å². The topological polar surface area (TPSA) is 105 Å². The molecule has 2 aromatic heterocycles. The van der Waals surface area contributed by atoms with Crippen LogP contribution in [0, 0.1) is 0 Å². The van der Waals surface area contributed by atoms with E-state index >= 15 is 0 Å².